The molecule has 6 nitrogen and oxygen atoms in total. The predicted octanol–water partition coefficient (Wildman–Crippen LogP) is 3.57. The lowest BCUT2D eigenvalue weighted by Crippen LogP contribution is -2.47. The third-order valence-electron chi connectivity index (χ3n) is 5.04. The number of carbonyl (C=O) groups excluding carboxylic acids is 2. The zero-order valence-electron chi connectivity index (χ0n) is 16.3. The van der Waals surface area contributed by atoms with Crippen LogP contribution in [-0.4, -0.2) is 49.3 Å². The van der Waals surface area contributed by atoms with Gasteiger partial charge in [0, 0.05) is 56.1 Å². The summed E-state index contributed by atoms with van der Waals surface area (Å²) in [5, 5.41) is 12.1. The average Bonchev–Trinajstić information content (AvgIpc) is 2.73. The number of nitrogens with zero attached hydrogens (tertiary/aromatic N) is 3. The number of anilines is 2. The molecule has 1 heterocycles. The summed E-state index contributed by atoms with van der Waals surface area (Å²) in [6.07, 6.45) is 0.394. The number of halogens is 1. The van der Waals surface area contributed by atoms with E-state index < -0.39 is 0 Å². The zero-order valence-corrected chi connectivity index (χ0v) is 17.1. The van der Waals surface area contributed by atoms with Crippen LogP contribution in [-0.2, 0) is 4.79 Å². The number of hydrogen-bond acceptors (Lipinski definition) is 5. The molecule has 1 fully saturated rings. The van der Waals surface area contributed by atoms with Crippen molar-refractivity contribution >= 4 is 34.7 Å². The fourth-order valence-electron chi connectivity index (χ4n) is 3.30. The summed E-state index contributed by atoms with van der Waals surface area (Å²) >= 11 is 6.00. The maximum Gasteiger partial charge on any atom is 0.225 e. The second-order valence-electron chi connectivity index (χ2n) is 7.04. The maximum absolute atomic E-state index is 12.2. The highest BCUT2D eigenvalue weighted by Crippen LogP contribution is 2.21. The van der Waals surface area contributed by atoms with Crippen LogP contribution in [0.3, 0.4) is 0 Å². The van der Waals surface area contributed by atoms with Crippen LogP contribution in [0.15, 0.2) is 42.5 Å². The Morgan fingerprint density at radius 2 is 1.79 bits per heavy atom. The number of ketones is 1. The number of nitrogens with one attached hydrogen (secondary N) is 1. The van der Waals surface area contributed by atoms with Crippen LogP contribution in [0, 0.1) is 11.3 Å². The van der Waals surface area contributed by atoms with E-state index in [1.165, 1.54) is 0 Å². The molecule has 0 atom stereocenters. The van der Waals surface area contributed by atoms with Crippen molar-refractivity contribution in [3.63, 3.8) is 0 Å². The average molecular weight is 411 g/mol. The third kappa shape index (κ3) is 5.57. The van der Waals surface area contributed by atoms with Gasteiger partial charge in [-0.2, -0.15) is 5.26 Å². The molecular formula is C22H23ClN4O2. The molecule has 7 heteroatoms. The Bertz CT molecular complexity index is 929. The van der Waals surface area contributed by atoms with Gasteiger partial charge in [-0.05, 0) is 49.4 Å². The molecule has 1 aliphatic heterocycles. The first-order valence-corrected chi connectivity index (χ1v) is 9.92. The van der Waals surface area contributed by atoms with Crippen LogP contribution in [0.4, 0.5) is 11.4 Å². The first-order valence-electron chi connectivity index (χ1n) is 9.54. The number of nitriles is 1. The van der Waals surface area contributed by atoms with Gasteiger partial charge < -0.3 is 10.2 Å². The van der Waals surface area contributed by atoms with E-state index in [9.17, 15) is 9.59 Å². The van der Waals surface area contributed by atoms with Gasteiger partial charge in [-0.1, -0.05) is 11.6 Å². The van der Waals surface area contributed by atoms with Gasteiger partial charge >= 0.3 is 0 Å². The highest BCUT2D eigenvalue weighted by Gasteiger charge is 2.18. The Morgan fingerprint density at radius 3 is 2.38 bits per heavy atom. The smallest absolute Gasteiger partial charge is 0.225 e. The van der Waals surface area contributed by atoms with Gasteiger partial charge in [0.15, 0.2) is 5.78 Å². The fraction of sp³-hybridized carbons (Fsp3) is 0.318. The van der Waals surface area contributed by atoms with E-state index in [1.807, 2.05) is 30.3 Å². The van der Waals surface area contributed by atoms with E-state index in [1.54, 1.807) is 25.1 Å². The van der Waals surface area contributed by atoms with Crippen LogP contribution < -0.4 is 10.2 Å². The largest absolute Gasteiger partial charge is 0.369 e. The Labute approximate surface area is 175 Å². The number of benzene rings is 2. The SMILES string of the molecule is CC(=O)c1ccc(N2CCN(CCC(=O)Nc3ccc(C#N)c(Cl)c3)CC2)cc1. The van der Waals surface area contributed by atoms with Gasteiger partial charge in [0.05, 0.1) is 10.6 Å². The lowest BCUT2D eigenvalue weighted by molar-refractivity contribution is -0.116. The lowest BCUT2D eigenvalue weighted by Gasteiger charge is -2.36. The molecule has 3 rings (SSSR count). The summed E-state index contributed by atoms with van der Waals surface area (Å²) in [7, 11) is 0. The topological polar surface area (TPSA) is 76.4 Å². The van der Waals surface area contributed by atoms with Gasteiger partial charge in [-0.15, -0.1) is 0 Å². The van der Waals surface area contributed by atoms with E-state index >= 15 is 0 Å². The van der Waals surface area contributed by atoms with Crippen LogP contribution in [0.1, 0.15) is 29.3 Å². The molecule has 2 aromatic carbocycles. The fourth-order valence-corrected chi connectivity index (χ4v) is 3.53. The molecule has 150 valence electrons. The molecule has 1 N–H and O–H groups in total. The minimum Gasteiger partial charge on any atom is -0.369 e. The van der Waals surface area contributed by atoms with Crippen molar-refractivity contribution in [1.82, 2.24) is 4.90 Å². The number of amides is 1. The molecule has 1 amide bonds. The predicted molar refractivity (Wildman–Crippen MR) is 115 cm³/mol. The Kier molecular flexibility index (Phi) is 6.86. The van der Waals surface area contributed by atoms with Crippen molar-refractivity contribution in [3.05, 3.63) is 58.6 Å². The molecule has 0 radical (unpaired) electrons. The monoisotopic (exact) mass is 410 g/mol. The second-order valence-corrected chi connectivity index (χ2v) is 7.44. The van der Waals surface area contributed by atoms with Crippen molar-refractivity contribution < 1.29 is 9.59 Å². The molecule has 1 aliphatic rings. The molecule has 0 saturated carbocycles. The molecule has 1 saturated heterocycles. The van der Waals surface area contributed by atoms with Crippen LogP contribution in [0.5, 0.6) is 0 Å². The minimum atomic E-state index is -0.0759. The number of rotatable bonds is 6. The Hall–Kier alpha value is -2.88. The van der Waals surface area contributed by atoms with E-state index in [2.05, 4.69) is 15.1 Å². The Balaban J connectivity index is 1.43. The van der Waals surface area contributed by atoms with Crippen LogP contribution in [0.25, 0.3) is 0 Å². The van der Waals surface area contributed by atoms with Crippen LogP contribution >= 0.6 is 11.6 Å². The molecule has 29 heavy (non-hydrogen) atoms. The summed E-state index contributed by atoms with van der Waals surface area (Å²) in [6.45, 7) is 5.78. The number of carbonyl (C=O) groups is 2. The van der Waals surface area contributed by atoms with Gasteiger partial charge in [0.25, 0.3) is 0 Å². The van der Waals surface area contributed by atoms with Gasteiger partial charge in [0.2, 0.25) is 5.91 Å². The quantitative estimate of drug-likeness (QED) is 0.737. The third-order valence-corrected chi connectivity index (χ3v) is 5.35. The van der Waals surface area contributed by atoms with Crippen molar-refractivity contribution in [1.29, 1.82) is 5.26 Å². The van der Waals surface area contributed by atoms with E-state index in [0.29, 0.717) is 29.2 Å². The van der Waals surface area contributed by atoms with E-state index in [4.69, 9.17) is 16.9 Å². The highest BCUT2D eigenvalue weighted by atomic mass is 35.5. The van der Waals surface area contributed by atoms with Crippen molar-refractivity contribution in [3.8, 4) is 6.07 Å². The number of piperazine rings is 1. The summed E-state index contributed by atoms with van der Waals surface area (Å²) < 4.78 is 0. The molecule has 0 spiro atoms. The molecule has 0 bridgehead atoms. The molecule has 2 aromatic rings. The first-order chi connectivity index (χ1) is 14.0. The molecule has 0 aromatic heterocycles. The van der Waals surface area contributed by atoms with Gasteiger partial charge in [-0.25, -0.2) is 0 Å². The maximum atomic E-state index is 12.2. The highest BCUT2D eigenvalue weighted by molar-refractivity contribution is 6.32. The summed E-state index contributed by atoms with van der Waals surface area (Å²) in [5.74, 6) is -0.00375. The van der Waals surface area contributed by atoms with E-state index in [0.717, 1.165) is 37.4 Å². The normalized spacial score (nSPS) is 14.3. The van der Waals surface area contributed by atoms with Crippen molar-refractivity contribution in [2.24, 2.45) is 0 Å². The van der Waals surface area contributed by atoms with E-state index in [-0.39, 0.29) is 11.7 Å². The molecule has 0 aliphatic carbocycles. The standard InChI is InChI=1S/C22H23ClN4O2/c1-16(28)17-3-6-20(7-4-17)27-12-10-26(11-13-27)9-8-22(29)25-19-5-2-18(15-24)21(23)14-19/h2-7,14H,8-13H2,1H3,(H,25,29). The molecular weight excluding hydrogens is 388 g/mol. The summed E-state index contributed by atoms with van der Waals surface area (Å²) in [5.41, 5.74) is 2.82. The van der Waals surface area contributed by atoms with Crippen molar-refractivity contribution in [2.45, 2.75) is 13.3 Å². The Morgan fingerprint density at radius 1 is 1.10 bits per heavy atom. The zero-order chi connectivity index (χ0) is 20.8. The minimum absolute atomic E-state index is 0.0722. The lowest BCUT2D eigenvalue weighted by atomic mass is 10.1. The van der Waals surface area contributed by atoms with Gasteiger partial charge in [-0.3, -0.25) is 14.5 Å². The first kappa shape index (κ1) is 20.8. The number of Topliss-reactive ketones (excluding diaryl/α,β-unsaturated/α-hetero) is 1. The van der Waals surface area contributed by atoms with Crippen molar-refractivity contribution in [2.75, 3.05) is 42.9 Å². The summed E-state index contributed by atoms with van der Waals surface area (Å²) in [6, 6.07) is 14.6. The molecule has 0 unspecified atom stereocenters. The number of hydrogen-bond donors (Lipinski definition) is 1. The van der Waals surface area contributed by atoms with Crippen LogP contribution in [0.2, 0.25) is 5.02 Å². The van der Waals surface area contributed by atoms with Gasteiger partial charge in [0.1, 0.15) is 6.07 Å². The second kappa shape index (κ2) is 9.55. The summed E-state index contributed by atoms with van der Waals surface area (Å²) in [4.78, 5) is 28.2.